The Morgan fingerprint density at radius 2 is 2.22 bits per heavy atom. The molecule has 1 heterocycles. The van der Waals surface area contributed by atoms with E-state index in [0.29, 0.717) is 17.7 Å². The van der Waals surface area contributed by atoms with Crippen LogP contribution in [0, 0.1) is 16.5 Å². The molecule has 1 aliphatic rings. The maximum absolute atomic E-state index is 12.9. The highest BCUT2D eigenvalue weighted by atomic mass is 32.1. The highest BCUT2D eigenvalue weighted by molar-refractivity contribution is 7.71. The van der Waals surface area contributed by atoms with Crippen molar-refractivity contribution in [2.24, 2.45) is 5.92 Å². The van der Waals surface area contributed by atoms with E-state index in [1.165, 1.54) is 12.1 Å². The van der Waals surface area contributed by atoms with Crippen molar-refractivity contribution < 1.29 is 9.18 Å². The van der Waals surface area contributed by atoms with Crippen molar-refractivity contribution in [2.45, 2.75) is 32.2 Å². The number of H-pyrrole nitrogens is 1. The maximum atomic E-state index is 12.9. The van der Waals surface area contributed by atoms with Crippen molar-refractivity contribution in [1.82, 2.24) is 20.1 Å². The summed E-state index contributed by atoms with van der Waals surface area (Å²) in [5.41, 5.74) is 1.03. The highest BCUT2D eigenvalue weighted by Gasteiger charge is 2.43. The molecule has 2 atom stereocenters. The minimum atomic E-state index is -0.250. The Bertz CT molecular complexity index is 752. The number of aromatic amines is 1. The zero-order valence-electron chi connectivity index (χ0n) is 12.9. The van der Waals surface area contributed by atoms with Crippen LogP contribution in [0.5, 0.6) is 0 Å². The van der Waals surface area contributed by atoms with Gasteiger partial charge in [0.25, 0.3) is 0 Å². The molecule has 23 heavy (non-hydrogen) atoms. The molecule has 122 valence electrons. The van der Waals surface area contributed by atoms with Crippen LogP contribution < -0.4 is 5.32 Å². The Kier molecular flexibility index (Phi) is 4.56. The summed E-state index contributed by atoms with van der Waals surface area (Å²) in [4.78, 5) is 12.2. The van der Waals surface area contributed by atoms with Gasteiger partial charge in [0, 0.05) is 25.4 Å². The van der Waals surface area contributed by atoms with Gasteiger partial charge < -0.3 is 9.88 Å². The number of benzene rings is 1. The number of nitrogens with one attached hydrogen (secondary N) is 2. The van der Waals surface area contributed by atoms with Gasteiger partial charge in [-0.15, -0.1) is 0 Å². The lowest BCUT2D eigenvalue weighted by atomic mass is 10.1. The van der Waals surface area contributed by atoms with E-state index in [4.69, 9.17) is 12.2 Å². The number of hydrogen-bond donors (Lipinski definition) is 2. The summed E-state index contributed by atoms with van der Waals surface area (Å²) in [6.07, 6.45) is 1.46. The molecule has 0 bridgehead atoms. The van der Waals surface area contributed by atoms with Crippen molar-refractivity contribution in [3.63, 3.8) is 0 Å². The van der Waals surface area contributed by atoms with E-state index in [9.17, 15) is 9.18 Å². The van der Waals surface area contributed by atoms with Gasteiger partial charge in [0.15, 0.2) is 4.77 Å². The molecule has 0 unspecified atom stereocenters. The molecule has 1 saturated carbocycles. The highest BCUT2D eigenvalue weighted by Crippen LogP contribution is 2.47. The van der Waals surface area contributed by atoms with E-state index < -0.39 is 0 Å². The van der Waals surface area contributed by atoms with Gasteiger partial charge in [0.1, 0.15) is 11.6 Å². The minimum absolute atomic E-state index is 0.00698. The van der Waals surface area contributed by atoms with E-state index >= 15 is 0 Å². The Labute approximate surface area is 138 Å². The van der Waals surface area contributed by atoms with E-state index in [1.54, 1.807) is 12.1 Å². The monoisotopic (exact) mass is 334 g/mol. The van der Waals surface area contributed by atoms with Crippen LogP contribution in [0.3, 0.4) is 0 Å². The molecule has 1 aromatic carbocycles. The molecule has 7 heteroatoms. The third-order valence-electron chi connectivity index (χ3n) is 4.23. The van der Waals surface area contributed by atoms with Crippen molar-refractivity contribution in [1.29, 1.82) is 0 Å². The van der Waals surface area contributed by atoms with Crippen LogP contribution in [-0.2, 0) is 17.8 Å². The SMILES string of the molecule is CCn1c(CCNC(=O)[C@@H]2C[C@H]2c2ccc(F)cc2)n[nH]c1=S. The molecule has 5 nitrogen and oxygen atoms in total. The Morgan fingerprint density at radius 3 is 2.91 bits per heavy atom. The Morgan fingerprint density at radius 1 is 1.48 bits per heavy atom. The van der Waals surface area contributed by atoms with Crippen LogP contribution in [0.2, 0.25) is 0 Å². The Hall–Kier alpha value is -2.02. The summed E-state index contributed by atoms with van der Waals surface area (Å²) in [5.74, 6) is 0.855. The molecule has 2 aromatic rings. The number of carbonyl (C=O) groups is 1. The molecule has 2 N–H and O–H groups in total. The first kappa shape index (κ1) is 15.9. The quantitative estimate of drug-likeness (QED) is 0.798. The van der Waals surface area contributed by atoms with Crippen LogP contribution in [-0.4, -0.2) is 27.2 Å². The van der Waals surface area contributed by atoms with Crippen LogP contribution in [0.4, 0.5) is 4.39 Å². The van der Waals surface area contributed by atoms with Gasteiger partial charge in [0.2, 0.25) is 5.91 Å². The fourth-order valence-electron chi connectivity index (χ4n) is 2.86. The van der Waals surface area contributed by atoms with E-state index in [2.05, 4.69) is 15.5 Å². The van der Waals surface area contributed by atoms with Crippen molar-refractivity contribution >= 4 is 18.1 Å². The van der Waals surface area contributed by atoms with Gasteiger partial charge in [0.05, 0.1) is 0 Å². The van der Waals surface area contributed by atoms with Gasteiger partial charge in [-0.25, -0.2) is 4.39 Å². The first-order chi connectivity index (χ1) is 11.1. The third-order valence-corrected chi connectivity index (χ3v) is 4.54. The molecular formula is C16H19FN4OS. The number of hydrogen-bond acceptors (Lipinski definition) is 3. The molecule has 1 aromatic heterocycles. The molecule has 3 rings (SSSR count). The lowest BCUT2D eigenvalue weighted by Crippen LogP contribution is -2.28. The van der Waals surface area contributed by atoms with Crippen molar-refractivity contribution in [3.8, 4) is 0 Å². The molecule has 1 fully saturated rings. The van der Waals surface area contributed by atoms with Gasteiger partial charge >= 0.3 is 0 Å². The average Bonchev–Trinajstić information content (AvgIpc) is 3.26. The van der Waals surface area contributed by atoms with Crippen LogP contribution >= 0.6 is 12.2 Å². The molecule has 0 aliphatic heterocycles. The number of halogens is 1. The van der Waals surface area contributed by atoms with Crippen LogP contribution in [0.15, 0.2) is 24.3 Å². The third kappa shape index (κ3) is 3.50. The lowest BCUT2D eigenvalue weighted by molar-refractivity contribution is -0.122. The lowest BCUT2D eigenvalue weighted by Gasteiger charge is -2.06. The fraction of sp³-hybridized carbons (Fsp3) is 0.438. The summed E-state index contributed by atoms with van der Waals surface area (Å²) in [6.45, 7) is 3.30. The Balaban J connectivity index is 1.49. The smallest absolute Gasteiger partial charge is 0.223 e. The van der Waals surface area contributed by atoms with Crippen LogP contribution in [0.25, 0.3) is 0 Å². The number of rotatable bonds is 6. The standard InChI is InChI=1S/C16H19FN4OS/c1-2-21-14(19-20-16(21)23)7-8-18-15(22)13-9-12(13)10-3-5-11(17)6-4-10/h3-6,12-13H,2,7-9H2,1H3,(H,18,22)(H,20,23)/t12-,13+/m0/s1. The maximum Gasteiger partial charge on any atom is 0.223 e. The number of carbonyl (C=O) groups excluding carboxylic acids is 1. The van der Waals surface area contributed by atoms with E-state index in [-0.39, 0.29) is 23.6 Å². The van der Waals surface area contributed by atoms with Crippen molar-refractivity contribution in [2.75, 3.05) is 6.54 Å². The normalized spacial score (nSPS) is 19.6. The molecular weight excluding hydrogens is 315 g/mol. The second-order valence-corrected chi connectivity index (χ2v) is 6.12. The molecule has 0 radical (unpaired) electrons. The second-order valence-electron chi connectivity index (χ2n) is 5.73. The minimum Gasteiger partial charge on any atom is -0.355 e. The molecule has 1 amide bonds. The van der Waals surface area contributed by atoms with Crippen LogP contribution in [0.1, 0.15) is 30.7 Å². The molecule has 1 aliphatic carbocycles. The fourth-order valence-corrected chi connectivity index (χ4v) is 3.14. The van der Waals surface area contributed by atoms with Gasteiger partial charge in [-0.3, -0.25) is 9.89 Å². The number of aromatic nitrogens is 3. The molecule has 0 spiro atoms. The average molecular weight is 334 g/mol. The number of nitrogens with zero attached hydrogens (tertiary/aromatic N) is 2. The summed E-state index contributed by atoms with van der Waals surface area (Å²) in [6, 6.07) is 6.39. The van der Waals surface area contributed by atoms with Gasteiger partial charge in [-0.05, 0) is 49.2 Å². The summed E-state index contributed by atoms with van der Waals surface area (Å²) in [7, 11) is 0. The summed E-state index contributed by atoms with van der Waals surface area (Å²) < 4.78 is 15.4. The summed E-state index contributed by atoms with van der Waals surface area (Å²) >= 11 is 5.14. The van der Waals surface area contributed by atoms with Crippen molar-refractivity contribution in [3.05, 3.63) is 46.2 Å². The topological polar surface area (TPSA) is 62.7 Å². The van der Waals surface area contributed by atoms with Gasteiger partial charge in [-0.1, -0.05) is 12.1 Å². The number of amides is 1. The zero-order valence-corrected chi connectivity index (χ0v) is 13.7. The molecule has 0 saturated heterocycles. The zero-order chi connectivity index (χ0) is 16.4. The van der Waals surface area contributed by atoms with E-state index in [0.717, 1.165) is 24.4 Å². The first-order valence-corrected chi connectivity index (χ1v) is 8.18. The predicted molar refractivity (Wildman–Crippen MR) is 87.0 cm³/mol. The second kappa shape index (κ2) is 6.62. The van der Waals surface area contributed by atoms with E-state index in [1.807, 2.05) is 11.5 Å². The predicted octanol–water partition coefficient (Wildman–Crippen LogP) is 2.56. The first-order valence-electron chi connectivity index (χ1n) is 7.77. The summed E-state index contributed by atoms with van der Waals surface area (Å²) in [5, 5.41) is 9.89. The van der Waals surface area contributed by atoms with Gasteiger partial charge in [-0.2, -0.15) is 5.10 Å². The largest absolute Gasteiger partial charge is 0.355 e.